The van der Waals surface area contributed by atoms with Crippen LogP contribution in [-0.4, -0.2) is 24.5 Å². The predicted octanol–water partition coefficient (Wildman–Crippen LogP) is -0.446. The molecule has 0 unspecified atom stereocenters. The monoisotopic (exact) mass is 195 g/mol. The third kappa shape index (κ3) is 1.51. The van der Waals surface area contributed by atoms with Gasteiger partial charge in [-0.15, -0.1) is 5.10 Å². The Morgan fingerprint density at radius 2 is 1.77 bits per heavy atom. The molecule has 0 saturated carbocycles. The first-order chi connectivity index (χ1) is 6.25. The SMILES string of the molecule is Nc1nc(N)nc(-c2csnn2)n1. The van der Waals surface area contributed by atoms with Crippen molar-refractivity contribution in [1.29, 1.82) is 0 Å². The molecule has 0 bridgehead atoms. The van der Waals surface area contributed by atoms with E-state index >= 15 is 0 Å². The molecule has 0 fully saturated rings. The highest BCUT2D eigenvalue weighted by Crippen LogP contribution is 2.13. The summed E-state index contributed by atoms with van der Waals surface area (Å²) in [5.41, 5.74) is 11.3. The summed E-state index contributed by atoms with van der Waals surface area (Å²) >= 11 is 1.20. The number of hydrogen-bond acceptors (Lipinski definition) is 8. The van der Waals surface area contributed by atoms with E-state index in [0.717, 1.165) is 0 Å². The number of hydrogen-bond donors (Lipinski definition) is 2. The van der Waals surface area contributed by atoms with Crippen molar-refractivity contribution >= 4 is 23.4 Å². The van der Waals surface area contributed by atoms with E-state index in [1.807, 2.05) is 0 Å². The Kier molecular flexibility index (Phi) is 1.74. The van der Waals surface area contributed by atoms with Gasteiger partial charge in [0.05, 0.1) is 0 Å². The molecule has 0 aliphatic rings. The number of anilines is 2. The third-order valence-electron chi connectivity index (χ3n) is 1.26. The molecule has 0 radical (unpaired) electrons. The van der Waals surface area contributed by atoms with E-state index in [9.17, 15) is 0 Å². The minimum Gasteiger partial charge on any atom is -0.368 e. The molecule has 0 saturated heterocycles. The molecule has 2 rings (SSSR count). The molecule has 66 valence electrons. The molecule has 8 heteroatoms. The van der Waals surface area contributed by atoms with Crippen molar-refractivity contribution in [3.63, 3.8) is 0 Å². The molecule has 0 aliphatic heterocycles. The Morgan fingerprint density at radius 3 is 2.31 bits per heavy atom. The van der Waals surface area contributed by atoms with E-state index in [1.54, 1.807) is 5.38 Å². The van der Waals surface area contributed by atoms with Gasteiger partial charge in [0.1, 0.15) is 5.69 Å². The van der Waals surface area contributed by atoms with Crippen molar-refractivity contribution in [3.05, 3.63) is 5.38 Å². The van der Waals surface area contributed by atoms with Crippen LogP contribution in [0.3, 0.4) is 0 Å². The average molecular weight is 195 g/mol. The molecule has 7 nitrogen and oxygen atoms in total. The van der Waals surface area contributed by atoms with E-state index < -0.39 is 0 Å². The second kappa shape index (κ2) is 2.90. The summed E-state index contributed by atoms with van der Waals surface area (Å²) in [6.45, 7) is 0. The highest BCUT2D eigenvalue weighted by Gasteiger charge is 2.06. The molecule has 2 aromatic heterocycles. The summed E-state index contributed by atoms with van der Waals surface area (Å²) in [7, 11) is 0. The fourth-order valence-electron chi connectivity index (χ4n) is 0.786. The van der Waals surface area contributed by atoms with Gasteiger partial charge in [-0.05, 0) is 11.5 Å². The number of nitrogens with zero attached hydrogens (tertiary/aromatic N) is 5. The van der Waals surface area contributed by atoms with Gasteiger partial charge in [0, 0.05) is 5.38 Å². The van der Waals surface area contributed by atoms with E-state index in [1.165, 1.54) is 11.5 Å². The molecule has 13 heavy (non-hydrogen) atoms. The fourth-order valence-corrected chi connectivity index (χ4v) is 1.22. The Labute approximate surface area is 77.0 Å². The van der Waals surface area contributed by atoms with E-state index in [4.69, 9.17) is 11.5 Å². The van der Waals surface area contributed by atoms with Crippen LogP contribution in [0, 0.1) is 0 Å². The summed E-state index contributed by atoms with van der Waals surface area (Å²) in [5.74, 6) is 0.504. The van der Waals surface area contributed by atoms with Gasteiger partial charge in [0.2, 0.25) is 11.9 Å². The summed E-state index contributed by atoms with van der Waals surface area (Å²) in [6, 6.07) is 0. The van der Waals surface area contributed by atoms with Crippen molar-refractivity contribution in [2.45, 2.75) is 0 Å². The van der Waals surface area contributed by atoms with Crippen LogP contribution in [-0.2, 0) is 0 Å². The van der Waals surface area contributed by atoms with Gasteiger partial charge in [-0.3, -0.25) is 0 Å². The summed E-state index contributed by atoms with van der Waals surface area (Å²) in [6.07, 6.45) is 0. The first-order valence-electron chi connectivity index (χ1n) is 3.30. The zero-order valence-corrected chi connectivity index (χ0v) is 7.19. The minimum atomic E-state index is 0.0792. The standard InChI is InChI=1S/C5H5N7S/c6-4-8-3(9-5(7)10-4)2-1-13-12-11-2/h1H,(H4,6,7,8,9,10). The lowest BCUT2D eigenvalue weighted by Crippen LogP contribution is -2.04. The Balaban J connectivity index is 2.53. The van der Waals surface area contributed by atoms with E-state index in [0.29, 0.717) is 11.5 Å². The number of nitrogens with two attached hydrogens (primary N) is 2. The van der Waals surface area contributed by atoms with Gasteiger partial charge >= 0.3 is 0 Å². The molecule has 0 aromatic carbocycles. The summed E-state index contributed by atoms with van der Waals surface area (Å²) in [5, 5.41) is 5.48. The molecular formula is C5H5N7S. The topological polar surface area (TPSA) is 116 Å². The first-order valence-corrected chi connectivity index (χ1v) is 4.14. The van der Waals surface area contributed by atoms with E-state index in [-0.39, 0.29) is 11.9 Å². The normalized spacial score (nSPS) is 10.2. The van der Waals surface area contributed by atoms with Crippen LogP contribution in [0.4, 0.5) is 11.9 Å². The average Bonchev–Trinajstić information content (AvgIpc) is 2.53. The molecular weight excluding hydrogens is 190 g/mol. The second-order valence-corrected chi connectivity index (χ2v) is 2.78. The molecule has 0 atom stereocenters. The van der Waals surface area contributed by atoms with Crippen LogP contribution in [0.15, 0.2) is 5.38 Å². The second-order valence-electron chi connectivity index (χ2n) is 2.17. The highest BCUT2D eigenvalue weighted by atomic mass is 32.1. The minimum absolute atomic E-state index is 0.0792. The number of rotatable bonds is 1. The van der Waals surface area contributed by atoms with Crippen molar-refractivity contribution in [2.24, 2.45) is 0 Å². The van der Waals surface area contributed by atoms with Gasteiger partial charge in [0.25, 0.3) is 0 Å². The maximum absolute atomic E-state index is 5.38. The smallest absolute Gasteiger partial charge is 0.225 e. The van der Waals surface area contributed by atoms with Crippen molar-refractivity contribution in [1.82, 2.24) is 24.5 Å². The van der Waals surface area contributed by atoms with Gasteiger partial charge in [-0.25, -0.2) is 0 Å². The lowest BCUT2D eigenvalue weighted by Gasteiger charge is -1.96. The lowest BCUT2D eigenvalue weighted by atomic mass is 10.5. The molecule has 0 amide bonds. The van der Waals surface area contributed by atoms with Crippen LogP contribution in [0.1, 0.15) is 0 Å². The van der Waals surface area contributed by atoms with Gasteiger partial charge in [-0.1, -0.05) is 4.49 Å². The summed E-state index contributed by atoms with van der Waals surface area (Å²) < 4.78 is 3.67. The van der Waals surface area contributed by atoms with Gasteiger partial charge in [0.15, 0.2) is 5.82 Å². The Morgan fingerprint density at radius 1 is 1.08 bits per heavy atom. The third-order valence-corrected chi connectivity index (χ3v) is 1.76. The van der Waals surface area contributed by atoms with Crippen LogP contribution >= 0.6 is 11.5 Å². The summed E-state index contributed by atoms with van der Waals surface area (Å²) in [4.78, 5) is 11.3. The van der Waals surface area contributed by atoms with Gasteiger partial charge in [-0.2, -0.15) is 15.0 Å². The number of nitrogen functional groups attached to an aromatic ring is 2. The molecule has 2 heterocycles. The highest BCUT2D eigenvalue weighted by molar-refractivity contribution is 7.03. The Bertz CT molecular complexity index is 391. The fraction of sp³-hybridized carbons (Fsp3) is 0. The van der Waals surface area contributed by atoms with Crippen molar-refractivity contribution in [2.75, 3.05) is 11.5 Å². The van der Waals surface area contributed by atoms with Gasteiger partial charge < -0.3 is 11.5 Å². The molecule has 0 aliphatic carbocycles. The predicted molar refractivity (Wildman–Crippen MR) is 47.6 cm³/mol. The van der Waals surface area contributed by atoms with Crippen LogP contribution < -0.4 is 11.5 Å². The first kappa shape index (κ1) is 7.80. The Hall–Kier alpha value is -1.83. The molecule has 4 N–H and O–H groups in total. The quantitative estimate of drug-likeness (QED) is 0.633. The van der Waals surface area contributed by atoms with Crippen molar-refractivity contribution < 1.29 is 0 Å². The van der Waals surface area contributed by atoms with Crippen LogP contribution in [0.5, 0.6) is 0 Å². The zero-order valence-electron chi connectivity index (χ0n) is 6.38. The number of aromatic nitrogens is 5. The molecule has 2 aromatic rings. The zero-order chi connectivity index (χ0) is 9.26. The van der Waals surface area contributed by atoms with Crippen LogP contribution in [0.25, 0.3) is 11.5 Å². The van der Waals surface area contributed by atoms with E-state index in [2.05, 4.69) is 24.5 Å². The molecule has 0 spiro atoms. The van der Waals surface area contributed by atoms with Crippen molar-refractivity contribution in [3.8, 4) is 11.5 Å². The largest absolute Gasteiger partial charge is 0.368 e. The maximum Gasteiger partial charge on any atom is 0.225 e. The lowest BCUT2D eigenvalue weighted by molar-refractivity contribution is 1.05. The van der Waals surface area contributed by atoms with Crippen LogP contribution in [0.2, 0.25) is 0 Å². The maximum atomic E-state index is 5.38.